The summed E-state index contributed by atoms with van der Waals surface area (Å²) in [6, 6.07) is 0. The zero-order chi connectivity index (χ0) is 15.7. The van der Waals surface area contributed by atoms with Crippen LogP contribution in [0.5, 0.6) is 0 Å². The highest BCUT2D eigenvalue weighted by molar-refractivity contribution is 7.99. The molecule has 0 radical (unpaired) electrons. The van der Waals surface area contributed by atoms with Gasteiger partial charge in [-0.05, 0) is 39.4 Å². The van der Waals surface area contributed by atoms with Gasteiger partial charge < -0.3 is 9.88 Å². The van der Waals surface area contributed by atoms with Gasteiger partial charge in [-0.25, -0.2) is 4.98 Å². The molecule has 0 unspecified atom stereocenters. The molecule has 0 fully saturated rings. The fourth-order valence-electron chi connectivity index (χ4n) is 2.53. The second-order valence-electron chi connectivity index (χ2n) is 6.00. The van der Waals surface area contributed by atoms with E-state index < -0.39 is 12.0 Å². The van der Waals surface area contributed by atoms with E-state index in [1.54, 1.807) is 11.8 Å². The third-order valence-electron chi connectivity index (χ3n) is 3.85. The molecule has 7 heteroatoms. The minimum Gasteiger partial charge on any atom is -0.324 e. The molecular formula is C14H22F3N3S. The lowest BCUT2D eigenvalue weighted by Gasteiger charge is -2.22. The lowest BCUT2D eigenvalue weighted by atomic mass is 10.1. The maximum absolute atomic E-state index is 13.0. The minimum absolute atomic E-state index is 0.0622. The Morgan fingerprint density at radius 1 is 1.29 bits per heavy atom. The van der Waals surface area contributed by atoms with E-state index in [0.29, 0.717) is 25.2 Å². The normalized spacial score (nSPS) is 16.1. The molecule has 2 rings (SSSR count). The summed E-state index contributed by atoms with van der Waals surface area (Å²) in [5, 5.41) is 3.24. The summed E-state index contributed by atoms with van der Waals surface area (Å²) in [4.78, 5) is 3.88. The summed E-state index contributed by atoms with van der Waals surface area (Å²) in [7, 11) is 0. The lowest BCUT2D eigenvalue weighted by molar-refractivity contribution is -0.147. The van der Waals surface area contributed by atoms with Crippen LogP contribution in [-0.4, -0.2) is 27.1 Å². The molecular weight excluding hydrogens is 299 g/mol. The number of thioether (sulfide) groups is 1. The molecule has 1 aromatic rings. The number of alkyl halides is 3. The number of fused-ring (bicyclic) bond motifs is 1. The molecule has 1 N–H and O–H groups in total. The summed E-state index contributed by atoms with van der Waals surface area (Å²) in [5.74, 6) is -0.738. The van der Waals surface area contributed by atoms with E-state index in [4.69, 9.17) is 0 Å². The Balaban J connectivity index is 2.15. The fraction of sp³-hybridized carbons (Fsp3) is 0.786. The molecule has 0 amide bonds. The Kier molecular flexibility index (Phi) is 4.92. The second-order valence-corrected chi connectivity index (χ2v) is 7.52. The highest BCUT2D eigenvalue weighted by Gasteiger charge is 2.39. The molecule has 1 aliphatic rings. The molecule has 0 bridgehead atoms. The van der Waals surface area contributed by atoms with Gasteiger partial charge >= 0.3 is 6.18 Å². The van der Waals surface area contributed by atoms with E-state index in [9.17, 15) is 13.2 Å². The van der Waals surface area contributed by atoms with Crippen LogP contribution in [0.2, 0.25) is 0 Å². The van der Waals surface area contributed by atoms with Gasteiger partial charge in [-0.3, -0.25) is 0 Å². The van der Waals surface area contributed by atoms with E-state index in [2.05, 4.69) is 24.1 Å². The number of imidazole rings is 1. The molecule has 1 aliphatic heterocycles. The fourth-order valence-corrected chi connectivity index (χ4v) is 2.78. The molecule has 0 saturated heterocycles. The van der Waals surface area contributed by atoms with Crippen LogP contribution in [0.4, 0.5) is 13.2 Å². The van der Waals surface area contributed by atoms with Crippen molar-refractivity contribution in [1.82, 2.24) is 14.9 Å². The van der Waals surface area contributed by atoms with E-state index >= 15 is 0 Å². The van der Waals surface area contributed by atoms with Crippen LogP contribution < -0.4 is 5.32 Å². The molecule has 0 saturated carbocycles. The highest BCUT2D eigenvalue weighted by Crippen LogP contribution is 2.33. The van der Waals surface area contributed by atoms with Crippen LogP contribution in [0.25, 0.3) is 0 Å². The monoisotopic (exact) mass is 321 g/mol. The van der Waals surface area contributed by atoms with Crippen LogP contribution in [0.15, 0.2) is 0 Å². The predicted molar refractivity (Wildman–Crippen MR) is 79.5 cm³/mol. The maximum Gasteiger partial charge on any atom is 0.449 e. The van der Waals surface area contributed by atoms with Crippen LogP contribution >= 0.6 is 11.8 Å². The van der Waals surface area contributed by atoms with Crippen molar-refractivity contribution in [1.29, 1.82) is 0 Å². The van der Waals surface area contributed by atoms with Gasteiger partial charge in [-0.1, -0.05) is 0 Å². The molecule has 0 aliphatic carbocycles. The van der Waals surface area contributed by atoms with Crippen LogP contribution in [0, 0.1) is 0 Å². The minimum atomic E-state index is -4.37. The van der Waals surface area contributed by atoms with E-state index in [1.807, 2.05) is 6.26 Å². The quantitative estimate of drug-likeness (QED) is 0.900. The third kappa shape index (κ3) is 3.94. The van der Waals surface area contributed by atoms with Gasteiger partial charge in [0, 0.05) is 30.1 Å². The molecule has 0 spiro atoms. The lowest BCUT2D eigenvalue weighted by Crippen LogP contribution is -2.32. The molecule has 21 heavy (non-hydrogen) atoms. The second kappa shape index (κ2) is 6.20. The first-order valence-electron chi connectivity index (χ1n) is 7.16. The van der Waals surface area contributed by atoms with Crippen LogP contribution in [-0.2, 0) is 25.7 Å². The van der Waals surface area contributed by atoms with Crippen molar-refractivity contribution in [3.8, 4) is 0 Å². The van der Waals surface area contributed by atoms with Crippen LogP contribution in [0.3, 0.4) is 0 Å². The zero-order valence-corrected chi connectivity index (χ0v) is 13.5. The Morgan fingerprint density at radius 2 is 2.00 bits per heavy atom. The standard InChI is InChI=1S/C14H22F3N3S/c1-13(2,21-3)9-18-8-10-11-6-4-5-7-20(11)12(19-10)14(15,16)17/h18H,4-9H2,1-3H3. The van der Waals surface area contributed by atoms with Gasteiger partial charge in [0.05, 0.1) is 5.69 Å². The SMILES string of the molecule is CSC(C)(C)CNCc1nc(C(F)(F)F)n2c1CCCC2. The van der Waals surface area contributed by atoms with Crippen molar-refractivity contribution in [2.24, 2.45) is 0 Å². The number of hydrogen-bond acceptors (Lipinski definition) is 3. The summed E-state index contributed by atoms with van der Waals surface area (Å²) in [6.07, 6.45) is 0.0714. The van der Waals surface area contributed by atoms with Crippen molar-refractivity contribution in [3.63, 3.8) is 0 Å². The average molecular weight is 321 g/mol. The van der Waals surface area contributed by atoms with E-state index in [-0.39, 0.29) is 4.75 Å². The van der Waals surface area contributed by atoms with Crippen molar-refractivity contribution >= 4 is 11.8 Å². The van der Waals surface area contributed by atoms with Crippen LogP contribution in [0.1, 0.15) is 43.9 Å². The van der Waals surface area contributed by atoms with E-state index in [1.165, 1.54) is 4.57 Å². The number of hydrogen-bond donors (Lipinski definition) is 1. The topological polar surface area (TPSA) is 29.9 Å². The van der Waals surface area contributed by atoms with Gasteiger partial charge in [-0.2, -0.15) is 24.9 Å². The first-order chi connectivity index (χ1) is 9.74. The predicted octanol–water partition coefficient (Wildman–Crippen LogP) is 3.47. The zero-order valence-electron chi connectivity index (χ0n) is 12.7. The Bertz CT molecular complexity index is 494. The maximum atomic E-state index is 13.0. The number of aromatic nitrogens is 2. The summed E-state index contributed by atoms with van der Waals surface area (Å²) in [6.45, 7) is 5.77. The summed E-state index contributed by atoms with van der Waals surface area (Å²) in [5.41, 5.74) is 1.31. The Hall–Kier alpha value is -0.690. The van der Waals surface area contributed by atoms with E-state index in [0.717, 1.165) is 25.1 Å². The smallest absolute Gasteiger partial charge is 0.324 e. The molecule has 0 atom stereocenters. The van der Waals surface area contributed by atoms with Crippen molar-refractivity contribution in [3.05, 3.63) is 17.2 Å². The van der Waals surface area contributed by atoms with Gasteiger partial charge in [0.1, 0.15) is 0 Å². The molecule has 0 aromatic carbocycles. The molecule has 3 nitrogen and oxygen atoms in total. The molecule has 1 aromatic heterocycles. The highest BCUT2D eigenvalue weighted by atomic mass is 32.2. The third-order valence-corrected chi connectivity index (χ3v) is 5.10. The van der Waals surface area contributed by atoms with Crippen molar-refractivity contribution in [2.45, 2.75) is 57.1 Å². The first kappa shape index (κ1) is 16.7. The van der Waals surface area contributed by atoms with Crippen molar-refractivity contribution < 1.29 is 13.2 Å². The Morgan fingerprint density at radius 3 is 2.62 bits per heavy atom. The Labute approximate surface area is 127 Å². The number of nitrogens with zero attached hydrogens (tertiary/aromatic N) is 2. The van der Waals surface area contributed by atoms with Gasteiger partial charge in [-0.15, -0.1) is 0 Å². The van der Waals surface area contributed by atoms with Gasteiger partial charge in [0.25, 0.3) is 0 Å². The summed E-state index contributed by atoms with van der Waals surface area (Å²) < 4.78 is 40.6. The van der Waals surface area contributed by atoms with Gasteiger partial charge in [0.15, 0.2) is 0 Å². The average Bonchev–Trinajstić information content (AvgIpc) is 2.78. The number of halogens is 3. The van der Waals surface area contributed by atoms with Gasteiger partial charge in [0.2, 0.25) is 5.82 Å². The summed E-state index contributed by atoms with van der Waals surface area (Å²) >= 11 is 1.73. The molecule has 120 valence electrons. The molecule has 2 heterocycles. The number of nitrogens with one attached hydrogen (secondary N) is 1. The largest absolute Gasteiger partial charge is 0.449 e. The number of rotatable bonds is 5. The van der Waals surface area contributed by atoms with Crippen molar-refractivity contribution in [2.75, 3.05) is 12.8 Å². The first-order valence-corrected chi connectivity index (χ1v) is 8.38.